The van der Waals surface area contributed by atoms with Crippen molar-refractivity contribution in [2.45, 2.75) is 26.3 Å². The van der Waals surface area contributed by atoms with Gasteiger partial charge in [-0.3, -0.25) is 9.89 Å². The molecule has 0 amide bonds. The zero-order chi connectivity index (χ0) is 18.4. The Bertz CT molecular complexity index is 688. The van der Waals surface area contributed by atoms with E-state index in [0.29, 0.717) is 5.92 Å². The molecule has 0 aliphatic carbocycles. The largest absolute Gasteiger partial charge is 0.364 e. The van der Waals surface area contributed by atoms with E-state index in [-0.39, 0.29) is 0 Å². The summed E-state index contributed by atoms with van der Waals surface area (Å²) >= 11 is 0. The van der Waals surface area contributed by atoms with E-state index in [1.807, 2.05) is 13.1 Å². The highest BCUT2D eigenvalue weighted by molar-refractivity contribution is 5.80. The molecule has 1 aliphatic rings. The summed E-state index contributed by atoms with van der Waals surface area (Å²) in [6.07, 6.45) is 1.63. The van der Waals surface area contributed by atoms with Crippen LogP contribution in [0, 0.1) is 6.92 Å². The minimum absolute atomic E-state index is 0.445. The number of rotatable bonds is 5. The minimum Gasteiger partial charge on any atom is -0.364 e. The third kappa shape index (κ3) is 4.85. The van der Waals surface area contributed by atoms with Crippen molar-refractivity contribution in [3.05, 3.63) is 53.4 Å². The molecule has 140 valence electrons. The Hall–Kier alpha value is -2.34. The second-order valence-corrected chi connectivity index (χ2v) is 6.99. The first-order chi connectivity index (χ1) is 12.7. The predicted molar refractivity (Wildman–Crippen MR) is 104 cm³/mol. The van der Waals surface area contributed by atoms with E-state index in [4.69, 9.17) is 4.52 Å². The van der Waals surface area contributed by atoms with Crippen molar-refractivity contribution in [1.29, 1.82) is 0 Å². The second-order valence-electron chi connectivity index (χ2n) is 6.99. The number of guanidine groups is 1. The van der Waals surface area contributed by atoms with Crippen LogP contribution in [0.2, 0.25) is 0 Å². The van der Waals surface area contributed by atoms with Gasteiger partial charge in [-0.2, -0.15) is 0 Å². The molecular formula is C20H29N5O. The van der Waals surface area contributed by atoms with E-state index in [1.165, 1.54) is 11.1 Å². The molecule has 1 aliphatic heterocycles. The van der Waals surface area contributed by atoms with Gasteiger partial charge in [0.05, 0.1) is 5.69 Å². The van der Waals surface area contributed by atoms with Crippen LogP contribution in [-0.2, 0) is 6.54 Å². The number of nitrogens with one attached hydrogen (secondary N) is 1. The normalized spacial score (nSPS) is 17.3. The summed E-state index contributed by atoms with van der Waals surface area (Å²) < 4.78 is 4.91. The van der Waals surface area contributed by atoms with Crippen LogP contribution >= 0.6 is 0 Å². The van der Waals surface area contributed by atoms with Gasteiger partial charge in [0.15, 0.2) is 5.96 Å². The van der Waals surface area contributed by atoms with Crippen molar-refractivity contribution >= 4 is 5.96 Å². The van der Waals surface area contributed by atoms with Crippen LogP contribution in [0.15, 0.2) is 46.1 Å². The van der Waals surface area contributed by atoms with Gasteiger partial charge >= 0.3 is 0 Å². The Labute approximate surface area is 155 Å². The number of piperazine rings is 1. The molecule has 0 bridgehead atoms. The molecule has 1 saturated heterocycles. The molecule has 1 atom stereocenters. The molecule has 0 saturated carbocycles. The monoisotopic (exact) mass is 355 g/mol. The molecule has 26 heavy (non-hydrogen) atoms. The van der Waals surface area contributed by atoms with Crippen LogP contribution in [0.4, 0.5) is 0 Å². The molecule has 2 aromatic rings. The average molecular weight is 355 g/mol. The highest BCUT2D eigenvalue weighted by Crippen LogP contribution is 2.15. The first-order valence-corrected chi connectivity index (χ1v) is 9.29. The molecular weight excluding hydrogens is 326 g/mol. The Balaban J connectivity index is 1.46. The van der Waals surface area contributed by atoms with Crippen LogP contribution in [0.3, 0.4) is 0 Å². The summed E-state index contributed by atoms with van der Waals surface area (Å²) in [4.78, 5) is 9.21. The van der Waals surface area contributed by atoms with Crippen molar-refractivity contribution in [2.24, 2.45) is 4.99 Å². The lowest BCUT2D eigenvalue weighted by Gasteiger charge is -2.36. The Morgan fingerprint density at radius 2 is 1.92 bits per heavy atom. The van der Waals surface area contributed by atoms with Crippen LogP contribution < -0.4 is 5.32 Å². The summed E-state index contributed by atoms with van der Waals surface area (Å²) in [5.74, 6) is 1.44. The number of hydrogen-bond acceptors (Lipinski definition) is 4. The summed E-state index contributed by atoms with van der Waals surface area (Å²) in [7, 11) is 1.86. The van der Waals surface area contributed by atoms with Crippen molar-refractivity contribution in [2.75, 3.05) is 39.8 Å². The van der Waals surface area contributed by atoms with Crippen LogP contribution in [0.25, 0.3) is 0 Å². The second kappa shape index (κ2) is 8.85. The lowest BCUT2D eigenvalue weighted by Crippen LogP contribution is -2.52. The highest BCUT2D eigenvalue weighted by Gasteiger charge is 2.20. The minimum atomic E-state index is 0.445. The Morgan fingerprint density at radius 3 is 2.54 bits per heavy atom. The van der Waals surface area contributed by atoms with Crippen molar-refractivity contribution in [1.82, 2.24) is 20.3 Å². The lowest BCUT2D eigenvalue weighted by molar-refractivity contribution is 0.169. The molecule has 1 aromatic heterocycles. The van der Waals surface area contributed by atoms with E-state index in [1.54, 1.807) is 6.26 Å². The summed E-state index contributed by atoms with van der Waals surface area (Å²) in [6, 6.07) is 10.7. The first-order valence-electron chi connectivity index (χ1n) is 9.29. The summed E-state index contributed by atoms with van der Waals surface area (Å²) in [6.45, 7) is 10.0. The quantitative estimate of drug-likeness (QED) is 0.660. The number of nitrogens with zero attached hydrogens (tertiary/aromatic N) is 4. The zero-order valence-corrected chi connectivity index (χ0v) is 16.0. The van der Waals surface area contributed by atoms with Crippen molar-refractivity contribution < 1.29 is 4.52 Å². The first kappa shape index (κ1) is 18.5. The molecule has 1 unspecified atom stereocenters. The predicted octanol–water partition coefficient (Wildman–Crippen LogP) is 2.48. The fourth-order valence-electron chi connectivity index (χ4n) is 3.26. The number of aliphatic imine (C=N–C) groups is 1. The number of aryl methyl sites for hydroxylation is 1. The van der Waals surface area contributed by atoms with Gasteiger partial charge in [-0.25, -0.2) is 0 Å². The van der Waals surface area contributed by atoms with E-state index < -0.39 is 0 Å². The Morgan fingerprint density at radius 1 is 1.19 bits per heavy atom. The van der Waals surface area contributed by atoms with Gasteiger partial charge in [-0.05, 0) is 18.4 Å². The molecule has 1 aromatic carbocycles. The van der Waals surface area contributed by atoms with Gasteiger partial charge in [0.25, 0.3) is 0 Å². The molecule has 0 radical (unpaired) electrons. The fourth-order valence-corrected chi connectivity index (χ4v) is 3.26. The maximum Gasteiger partial charge on any atom is 0.193 e. The smallest absolute Gasteiger partial charge is 0.193 e. The highest BCUT2D eigenvalue weighted by atomic mass is 16.5. The third-order valence-corrected chi connectivity index (χ3v) is 4.97. The molecule has 1 N–H and O–H groups in total. The SMILES string of the molecule is CN=C(NCC(C)c1ccc(C)cc1)N1CCN(Cc2ccon2)CC1. The maximum absolute atomic E-state index is 4.91. The van der Waals surface area contributed by atoms with Crippen molar-refractivity contribution in [3.8, 4) is 0 Å². The number of benzene rings is 1. The molecule has 0 spiro atoms. The molecule has 2 heterocycles. The van der Waals surface area contributed by atoms with Crippen LogP contribution in [-0.4, -0.2) is 60.7 Å². The van der Waals surface area contributed by atoms with Gasteiger partial charge in [-0.15, -0.1) is 0 Å². The van der Waals surface area contributed by atoms with E-state index in [2.05, 4.69) is 63.4 Å². The average Bonchev–Trinajstić information content (AvgIpc) is 3.17. The zero-order valence-electron chi connectivity index (χ0n) is 16.0. The summed E-state index contributed by atoms with van der Waals surface area (Å²) in [5.41, 5.74) is 3.65. The van der Waals surface area contributed by atoms with Crippen molar-refractivity contribution in [3.63, 3.8) is 0 Å². The number of hydrogen-bond donors (Lipinski definition) is 1. The van der Waals surface area contributed by atoms with Gasteiger partial charge in [0.2, 0.25) is 0 Å². The maximum atomic E-state index is 4.91. The molecule has 3 rings (SSSR count). The van der Waals surface area contributed by atoms with Crippen LogP contribution in [0.5, 0.6) is 0 Å². The standard InChI is InChI=1S/C20H29N5O/c1-16-4-6-18(7-5-16)17(2)14-22-20(21-3)25-11-9-24(10-12-25)15-19-8-13-26-23-19/h4-8,13,17H,9-12,14-15H2,1-3H3,(H,21,22). The van der Waals surface area contributed by atoms with Gasteiger partial charge in [0.1, 0.15) is 6.26 Å². The van der Waals surface area contributed by atoms with E-state index in [9.17, 15) is 0 Å². The molecule has 1 fully saturated rings. The van der Waals surface area contributed by atoms with Gasteiger partial charge in [0, 0.05) is 52.4 Å². The third-order valence-electron chi connectivity index (χ3n) is 4.97. The lowest BCUT2D eigenvalue weighted by atomic mass is 10.0. The molecule has 6 heteroatoms. The van der Waals surface area contributed by atoms with Gasteiger partial charge < -0.3 is 14.7 Å². The topological polar surface area (TPSA) is 56.9 Å². The summed E-state index contributed by atoms with van der Waals surface area (Å²) in [5, 5.41) is 7.54. The van der Waals surface area contributed by atoms with Gasteiger partial charge in [-0.1, -0.05) is 41.9 Å². The number of aromatic nitrogens is 1. The molecule has 6 nitrogen and oxygen atoms in total. The van der Waals surface area contributed by atoms with Crippen LogP contribution in [0.1, 0.15) is 29.7 Å². The van der Waals surface area contributed by atoms with E-state index >= 15 is 0 Å². The Kier molecular flexibility index (Phi) is 6.28. The van der Waals surface area contributed by atoms with E-state index in [0.717, 1.165) is 50.9 Å². The fraction of sp³-hybridized carbons (Fsp3) is 0.500.